The summed E-state index contributed by atoms with van der Waals surface area (Å²) in [5, 5.41) is 0.579. The van der Waals surface area contributed by atoms with E-state index in [4.69, 9.17) is 4.98 Å². The van der Waals surface area contributed by atoms with E-state index in [0.29, 0.717) is 16.7 Å². The smallest absolute Gasteiger partial charge is 0.266 e. The number of benzene rings is 3. The lowest BCUT2D eigenvalue weighted by Gasteiger charge is -2.13. The van der Waals surface area contributed by atoms with Crippen LogP contribution in [0.2, 0.25) is 0 Å². The van der Waals surface area contributed by atoms with E-state index in [2.05, 4.69) is 47.8 Å². The number of aromatic nitrogens is 2. The van der Waals surface area contributed by atoms with Gasteiger partial charge in [0.15, 0.2) is 0 Å². The minimum Gasteiger partial charge on any atom is -0.268 e. The second-order valence-corrected chi connectivity index (χ2v) is 8.79. The molecule has 6 heteroatoms. The van der Waals surface area contributed by atoms with E-state index in [-0.39, 0.29) is 5.56 Å². The fourth-order valence-electron chi connectivity index (χ4n) is 2.90. The quantitative estimate of drug-likeness (QED) is 0.275. The van der Waals surface area contributed by atoms with Crippen molar-refractivity contribution in [3.8, 4) is 5.69 Å². The van der Waals surface area contributed by atoms with Crippen molar-refractivity contribution in [1.82, 2.24) is 9.55 Å². The number of hydrogen-bond acceptors (Lipinski definition) is 2. The van der Waals surface area contributed by atoms with Crippen molar-refractivity contribution in [1.29, 1.82) is 0 Å². The first-order chi connectivity index (χ1) is 13.5. The number of halogens is 3. The monoisotopic (exact) mass is 558 g/mol. The van der Waals surface area contributed by atoms with Gasteiger partial charge in [-0.2, -0.15) is 0 Å². The third-order valence-corrected chi connectivity index (χ3v) is 5.94. The highest BCUT2D eigenvalue weighted by Crippen LogP contribution is 2.26. The van der Waals surface area contributed by atoms with Gasteiger partial charge < -0.3 is 0 Å². The van der Waals surface area contributed by atoms with Crippen molar-refractivity contribution in [3.05, 3.63) is 102 Å². The molecular weight excluding hydrogens is 548 g/mol. The third kappa shape index (κ3) is 3.90. The average Bonchev–Trinajstić information content (AvgIpc) is 2.70. The molecule has 0 radical (unpaired) electrons. The summed E-state index contributed by atoms with van der Waals surface area (Å²) in [5.74, 6) is 0.561. The van der Waals surface area contributed by atoms with Gasteiger partial charge in [0.2, 0.25) is 0 Å². The number of fused-ring (bicyclic) bond motifs is 1. The molecular formula is C22H13Br3N2O. The van der Waals surface area contributed by atoms with Gasteiger partial charge in [0.1, 0.15) is 5.82 Å². The van der Waals surface area contributed by atoms with Crippen molar-refractivity contribution in [2.24, 2.45) is 0 Å². The highest BCUT2D eigenvalue weighted by molar-refractivity contribution is 9.11. The largest absolute Gasteiger partial charge is 0.268 e. The SMILES string of the molecule is O=c1c2ccccc2nc(/C=C/c2ccc(Br)cc2)n1-c1cc(Br)ccc1Br. The number of rotatable bonds is 3. The average molecular weight is 561 g/mol. The summed E-state index contributed by atoms with van der Waals surface area (Å²) < 4.78 is 4.34. The minimum absolute atomic E-state index is 0.111. The predicted octanol–water partition coefficient (Wildman–Crippen LogP) is 6.84. The summed E-state index contributed by atoms with van der Waals surface area (Å²) in [6.07, 6.45) is 3.82. The van der Waals surface area contributed by atoms with Crippen LogP contribution in [0.5, 0.6) is 0 Å². The summed E-state index contributed by atoms with van der Waals surface area (Å²) in [6, 6.07) is 21.1. The summed E-state index contributed by atoms with van der Waals surface area (Å²) in [5.41, 5.74) is 2.31. The topological polar surface area (TPSA) is 34.9 Å². The van der Waals surface area contributed by atoms with Gasteiger partial charge in [-0.15, -0.1) is 0 Å². The number of para-hydroxylation sites is 1. The van der Waals surface area contributed by atoms with Crippen LogP contribution < -0.4 is 5.56 Å². The zero-order valence-corrected chi connectivity index (χ0v) is 19.2. The second kappa shape index (κ2) is 8.15. The Morgan fingerprint density at radius 3 is 2.32 bits per heavy atom. The Hall–Kier alpha value is -2.02. The van der Waals surface area contributed by atoms with E-state index in [1.165, 1.54) is 0 Å². The number of hydrogen-bond donors (Lipinski definition) is 0. The molecule has 28 heavy (non-hydrogen) atoms. The summed E-state index contributed by atoms with van der Waals surface area (Å²) in [4.78, 5) is 18.1. The van der Waals surface area contributed by atoms with Gasteiger partial charge in [-0.25, -0.2) is 4.98 Å². The molecule has 0 aliphatic heterocycles. The predicted molar refractivity (Wildman–Crippen MR) is 126 cm³/mol. The van der Waals surface area contributed by atoms with E-state index in [1.807, 2.05) is 72.8 Å². The maximum Gasteiger partial charge on any atom is 0.266 e. The molecule has 0 bridgehead atoms. The molecule has 0 saturated heterocycles. The van der Waals surface area contributed by atoms with Crippen LogP contribution >= 0.6 is 47.8 Å². The van der Waals surface area contributed by atoms with E-state index >= 15 is 0 Å². The Bertz CT molecular complexity index is 1260. The molecule has 0 spiro atoms. The molecule has 0 aliphatic rings. The Kier molecular flexibility index (Phi) is 5.62. The van der Waals surface area contributed by atoms with Crippen LogP contribution in [-0.4, -0.2) is 9.55 Å². The van der Waals surface area contributed by atoms with Gasteiger partial charge in [0.05, 0.1) is 16.6 Å². The van der Waals surface area contributed by atoms with Gasteiger partial charge >= 0.3 is 0 Å². The van der Waals surface area contributed by atoms with Crippen molar-refractivity contribution in [2.45, 2.75) is 0 Å². The highest BCUT2D eigenvalue weighted by Gasteiger charge is 2.13. The lowest BCUT2D eigenvalue weighted by atomic mass is 10.2. The molecule has 1 heterocycles. The lowest BCUT2D eigenvalue weighted by Crippen LogP contribution is -2.22. The number of nitrogens with zero attached hydrogens (tertiary/aromatic N) is 2. The van der Waals surface area contributed by atoms with E-state index in [0.717, 1.165) is 24.7 Å². The van der Waals surface area contributed by atoms with Gasteiger partial charge in [-0.3, -0.25) is 9.36 Å². The zero-order valence-electron chi connectivity index (χ0n) is 14.4. The fraction of sp³-hybridized carbons (Fsp3) is 0. The molecule has 0 atom stereocenters. The van der Waals surface area contributed by atoms with Crippen molar-refractivity contribution in [2.75, 3.05) is 0 Å². The van der Waals surface area contributed by atoms with E-state index in [1.54, 1.807) is 10.6 Å². The summed E-state index contributed by atoms with van der Waals surface area (Å²) >= 11 is 10.5. The van der Waals surface area contributed by atoms with Crippen LogP contribution in [0.1, 0.15) is 11.4 Å². The van der Waals surface area contributed by atoms with Crippen molar-refractivity contribution in [3.63, 3.8) is 0 Å². The van der Waals surface area contributed by atoms with Gasteiger partial charge in [-0.1, -0.05) is 62.2 Å². The Morgan fingerprint density at radius 2 is 1.54 bits per heavy atom. The molecule has 3 aromatic carbocycles. The Labute approximate surface area is 187 Å². The molecule has 4 rings (SSSR count). The highest BCUT2D eigenvalue weighted by atomic mass is 79.9. The normalized spacial score (nSPS) is 11.4. The first-order valence-corrected chi connectivity index (χ1v) is 10.8. The standard InChI is InChI=1S/C22H13Br3N2O/c23-15-8-5-14(6-9-15)7-12-21-26-19-4-2-1-3-17(19)22(28)27(21)20-13-16(24)10-11-18(20)25/h1-13H/b12-7+. The van der Waals surface area contributed by atoms with Crippen molar-refractivity contribution < 1.29 is 0 Å². The third-order valence-electron chi connectivity index (χ3n) is 4.25. The molecule has 138 valence electrons. The van der Waals surface area contributed by atoms with Gasteiger partial charge in [0, 0.05) is 13.4 Å². The van der Waals surface area contributed by atoms with Crippen LogP contribution in [0, 0.1) is 0 Å². The lowest BCUT2D eigenvalue weighted by molar-refractivity contribution is 0.938. The fourth-order valence-corrected chi connectivity index (χ4v) is 3.93. The van der Waals surface area contributed by atoms with E-state index < -0.39 is 0 Å². The molecule has 0 N–H and O–H groups in total. The Morgan fingerprint density at radius 1 is 0.821 bits per heavy atom. The van der Waals surface area contributed by atoms with Crippen LogP contribution in [0.3, 0.4) is 0 Å². The maximum atomic E-state index is 13.3. The molecule has 0 unspecified atom stereocenters. The zero-order chi connectivity index (χ0) is 19.7. The second-order valence-electron chi connectivity index (χ2n) is 6.11. The van der Waals surface area contributed by atoms with Gasteiger partial charge in [-0.05, 0) is 70.0 Å². The molecule has 4 aromatic rings. The van der Waals surface area contributed by atoms with Crippen LogP contribution in [0.15, 0.2) is 84.9 Å². The first kappa shape index (κ1) is 19.3. The summed E-state index contributed by atoms with van der Waals surface area (Å²) in [7, 11) is 0. The first-order valence-electron chi connectivity index (χ1n) is 8.44. The molecule has 0 aliphatic carbocycles. The van der Waals surface area contributed by atoms with E-state index in [9.17, 15) is 4.79 Å². The molecule has 3 nitrogen and oxygen atoms in total. The Balaban J connectivity index is 1.97. The van der Waals surface area contributed by atoms with Crippen LogP contribution in [0.25, 0.3) is 28.7 Å². The molecule has 0 amide bonds. The molecule has 0 fully saturated rings. The maximum absolute atomic E-state index is 13.3. The van der Waals surface area contributed by atoms with Crippen LogP contribution in [-0.2, 0) is 0 Å². The molecule has 1 aromatic heterocycles. The minimum atomic E-state index is -0.111. The molecule has 0 saturated carbocycles. The summed E-state index contributed by atoms with van der Waals surface area (Å²) in [6.45, 7) is 0. The van der Waals surface area contributed by atoms with Crippen molar-refractivity contribution >= 4 is 70.8 Å². The van der Waals surface area contributed by atoms with Gasteiger partial charge in [0.25, 0.3) is 5.56 Å². The van der Waals surface area contributed by atoms with Crippen LogP contribution in [0.4, 0.5) is 0 Å².